The Labute approximate surface area is 112 Å². The van der Waals surface area contributed by atoms with Gasteiger partial charge in [0.2, 0.25) is 0 Å². The zero-order chi connectivity index (χ0) is 12.8. The molecule has 1 N–H and O–H groups in total. The van der Waals surface area contributed by atoms with Crippen molar-refractivity contribution >= 4 is 17.3 Å². The third kappa shape index (κ3) is 3.40. The van der Waals surface area contributed by atoms with Gasteiger partial charge in [-0.3, -0.25) is 0 Å². The second-order valence-electron chi connectivity index (χ2n) is 3.93. The quantitative estimate of drug-likeness (QED) is 0.816. The SMILES string of the molecule is COc1cc(NCCCn2ccnc2)ccc1Cl. The number of ether oxygens (including phenoxy) is 1. The molecule has 0 saturated heterocycles. The van der Waals surface area contributed by atoms with E-state index in [2.05, 4.69) is 14.9 Å². The molecular formula is C13H16ClN3O. The first-order valence-electron chi connectivity index (χ1n) is 5.83. The molecule has 0 atom stereocenters. The number of nitrogens with zero attached hydrogens (tertiary/aromatic N) is 2. The maximum Gasteiger partial charge on any atom is 0.139 e. The first-order chi connectivity index (χ1) is 8.79. The molecule has 0 spiro atoms. The topological polar surface area (TPSA) is 39.1 Å². The number of nitrogens with one attached hydrogen (secondary N) is 1. The van der Waals surface area contributed by atoms with Crippen LogP contribution >= 0.6 is 11.6 Å². The minimum atomic E-state index is 0.626. The van der Waals surface area contributed by atoms with Gasteiger partial charge < -0.3 is 14.6 Å². The summed E-state index contributed by atoms with van der Waals surface area (Å²) >= 11 is 5.96. The Bertz CT molecular complexity index is 485. The van der Waals surface area contributed by atoms with Gasteiger partial charge in [0.15, 0.2) is 0 Å². The van der Waals surface area contributed by atoms with E-state index in [1.807, 2.05) is 30.7 Å². The van der Waals surface area contributed by atoms with Gasteiger partial charge in [-0.15, -0.1) is 0 Å². The number of benzene rings is 1. The maximum absolute atomic E-state index is 5.96. The van der Waals surface area contributed by atoms with Crippen LogP contribution in [0.5, 0.6) is 5.75 Å². The van der Waals surface area contributed by atoms with Gasteiger partial charge in [-0.05, 0) is 18.6 Å². The van der Waals surface area contributed by atoms with Gasteiger partial charge in [-0.1, -0.05) is 11.6 Å². The Balaban J connectivity index is 1.79. The Kier molecular flexibility index (Phi) is 4.47. The van der Waals surface area contributed by atoms with Crippen molar-refractivity contribution in [2.75, 3.05) is 19.0 Å². The molecule has 0 bridgehead atoms. The van der Waals surface area contributed by atoms with E-state index in [1.165, 1.54) is 0 Å². The third-order valence-electron chi connectivity index (χ3n) is 2.63. The van der Waals surface area contributed by atoms with Crippen LogP contribution < -0.4 is 10.1 Å². The highest BCUT2D eigenvalue weighted by Crippen LogP contribution is 2.27. The van der Waals surface area contributed by atoms with Crippen molar-refractivity contribution in [2.45, 2.75) is 13.0 Å². The number of aromatic nitrogens is 2. The third-order valence-corrected chi connectivity index (χ3v) is 2.94. The number of methoxy groups -OCH3 is 1. The normalized spacial score (nSPS) is 10.3. The van der Waals surface area contributed by atoms with Gasteiger partial charge in [-0.2, -0.15) is 0 Å². The van der Waals surface area contributed by atoms with Crippen LogP contribution in [0.25, 0.3) is 0 Å². The number of rotatable bonds is 6. The highest BCUT2D eigenvalue weighted by Gasteiger charge is 2.01. The average Bonchev–Trinajstić information content (AvgIpc) is 2.89. The van der Waals surface area contributed by atoms with E-state index in [0.29, 0.717) is 10.8 Å². The van der Waals surface area contributed by atoms with E-state index in [-0.39, 0.29) is 0 Å². The van der Waals surface area contributed by atoms with Gasteiger partial charge in [-0.25, -0.2) is 4.98 Å². The summed E-state index contributed by atoms with van der Waals surface area (Å²) < 4.78 is 7.23. The van der Waals surface area contributed by atoms with Gasteiger partial charge in [0, 0.05) is 37.2 Å². The molecule has 0 fully saturated rings. The van der Waals surface area contributed by atoms with E-state index in [1.54, 1.807) is 13.3 Å². The van der Waals surface area contributed by atoms with Gasteiger partial charge in [0.25, 0.3) is 0 Å². The second-order valence-corrected chi connectivity index (χ2v) is 4.34. The van der Waals surface area contributed by atoms with Gasteiger partial charge in [0.1, 0.15) is 5.75 Å². The lowest BCUT2D eigenvalue weighted by Crippen LogP contribution is -2.05. The molecule has 18 heavy (non-hydrogen) atoms. The molecule has 0 saturated carbocycles. The molecule has 5 heteroatoms. The van der Waals surface area contributed by atoms with E-state index in [9.17, 15) is 0 Å². The molecule has 0 aliphatic carbocycles. The predicted molar refractivity (Wildman–Crippen MR) is 73.3 cm³/mol. The van der Waals surface area contributed by atoms with Gasteiger partial charge >= 0.3 is 0 Å². The molecule has 1 heterocycles. The molecular weight excluding hydrogens is 250 g/mol. The lowest BCUT2D eigenvalue weighted by Gasteiger charge is -2.09. The number of aryl methyl sites for hydroxylation is 1. The standard InChI is InChI=1S/C13H16ClN3O/c1-18-13-9-11(3-4-12(13)14)16-5-2-7-17-8-6-15-10-17/h3-4,6,8-10,16H,2,5,7H2,1H3. The highest BCUT2D eigenvalue weighted by molar-refractivity contribution is 6.32. The summed E-state index contributed by atoms with van der Waals surface area (Å²) in [6.07, 6.45) is 6.61. The van der Waals surface area contributed by atoms with Crippen LogP contribution in [0.3, 0.4) is 0 Å². The molecule has 0 unspecified atom stereocenters. The van der Waals surface area contributed by atoms with Crippen LogP contribution in [0, 0.1) is 0 Å². The van der Waals surface area contributed by atoms with Crippen molar-refractivity contribution in [2.24, 2.45) is 0 Å². The molecule has 4 nitrogen and oxygen atoms in total. The average molecular weight is 266 g/mol. The first kappa shape index (κ1) is 12.8. The maximum atomic E-state index is 5.96. The molecule has 1 aromatic carbocycles. The Morgan fingerprint density at radius 2 is 2.33 bits per heavy atom. The summed E-state index contributed by atoms with van der Waals surface area (Å²) in [4.78, 5) is 4.00. The van der Waals surface area contributed by atoms with Crippen LogP contribution in [-0.4, -0.2) is 23.2 Å². The van der Waals surface area contributed by atoms with Crippen LogP contribution in [0.4, 0.5) is 5.69 Å². The van der Waals surface area contributed by atoms with Gasteiger partial charge in [0.05, 0.1) is 18.5 Å². The van der Waals surface area contributed by atoms with Crippen molar-refractivity contribution in [3.63, 3.8) is 0 Å². The zero-order valence-electron chi connectivity index (χ0n) is 10.3. The van der Waals surface area contributed by atoms with Crippen LogP contribution in [0.2, 0.25) is 5.02 Å². The number of hydrogen-bond donors (Lipinski definition) is 1. The minimum Gasteiger partial charge on any atom is -0.495 e. The lowest BCUT2D eigenvalue weighted by atomic mass is 10.3. The smallest absolute Gasteiger partial charge is 0.139 e. The van der Waals surface area contributed by atoms with Crippen LogP contribution in [0.1, 0.15) is 6.42 Å². The monoisotopic (exact) mass is 265 g/mol. The van der Waals surface area contributed by atoms with Crippen molar-refractivity contribution in [1.82, 2.24) is 9.55 Å². The van der Waals surface area contributed by atoms with E-state index in [4.69, 9.17) is 16.3 Å². The predicted octanol–water partition coefficient (Wildman–Crippen LogP) is 3.05. The molecule has 96 valence electrons. The summed E-state index contributed by atoms with van der Waals surface area (Å²) in [5.41, 5.74) is 1.02. The highest BCUT2D eigenvalue weighted by atomic mass is 35.5. The van der Waals surface area contributed by atoms with Crippen LogP contribution in [0.15, 0.2) is 36.9 Å². The van der Waals surface area contributed by atoms with Crippen molar-refractivity contribution < 1.29 is 4.74 Å². The van der Waals surface area contributed by atoms with E-state index < -0.39 is 0 Å². The molecule has 2 rings (SSSR count). The van der Waals surface area contributed by atoms with E-state index >= 15 is 0 Å². The Morgan fingerprint density at radius 3 is 3.06 bits per heavy atom. The Morgan fingerprint density at radius 1 is 1.44 bits per heavy atom. The fourth-order valence-corrected chi connectivity index (χ4v) is 1.88. The fraction of sp³-hybridized carbons (Fsp3) is 0.308. The molecule has 0 radical (unpaired) electrons. The molecule has 1 aromatic heterocycles. The lowest BCUT2D eigenvalue weighted by molar-refractivity contribution is 0.415. The second kappa shape index (κ2) is 6.31. The zero-order valence-corrected chi connectivity index (χ0v) is 11.0. The van der Waals surface area contributed by atoms with Crippen LogP contribution in [-0.2, 0) is 6.54 Å². The number of halogens is 1. The van der Waals surface area contributed by atoms with Crippen molar-refractivity contribution in [3.8, 4) is 5.75 Å². The number of anilines is 1. The van der Waals surface area contributed by atoms with Crippen molar-refractivity contribution in [1.29, 1.82) is 0 Å². The largest absolute Gasteiger partial charge is 0.495 e. The van der Waals surface area contributed by atoms with E-state index in [0.717, 1.165) is 25.2 Å². The van der Waals surface area contributed by atoms with Crippen molar-refractivity contribution in [3.05, 3.63) is 41.9 Å². The fourth-order valence-electron chi connectivity index (χ4n) is 1.68. The molecule has 0 amide bonds. The minimum absolute atomic E-state index is 0.626. The number of hydrogen-bond acceptors (Lipinski definition) is 3. The summed E-state index contributed by atoms with van der Waals surface area (Å²) in [6, 6.07) is 5.68. The molecule has 0 aliphatic rings. The summed E-state index contributed by atoms with van der Waals surface area (Å²) in [7, 11) is 1.62. The summed E-state index contributed by atoms with van der Waals surface area (Å²) in [6.45, 7) is 1.85. The molecule has 0 aliphatic heterocycles. The Hall–Kier alpha value is -1.68. The summed E-state index contributed by atoms with van der Waals surface area (Å²) in [5.74, 6) is 0.691. The molecule has 2 aromatic rings. The number of imidazole rings is 1. The summed E-state index contributed by atoms with van der Waals surface area (Å²) in [5, 5.41) is 3.96. The first-order valence-corrected chi connectivity index (χ1v) is 6.20.